The van der Waals surface area contributed by atoms with Crippen LogP contribution < -0.4 is 15.6 Å². The van der Waals surface area contributed by atoms with E-state index in [1.807, 2.05) is 0 Å². The summed E-state index contributed by atoms with van der Waals surface area (Å²) in [6.45, 7) is 1.65. The first kappa shape index (κ1) is 20.6. The molecule has 0 saturated carbocycles. The number of carbonyl (C=O) groups excluding carboxylic acids is 4. The maximum atomic E-state index is 14.7. The molecule has 1 aromatic rings. The zero-order valence-electron chi connectivity index (χ0n) is 15.4. The van der Waals surface area contributed by atoms with E-state index in [1.165, 1.54) is 24.0 Å². The molecule has 0 spiro atoms. The molecule has 1 fully saturated rings. The van der Waals surface area contributed by atoms with Crippen molar-refractivity contribution >= 4 is 46.4 Å². The Labute approximate surface area is 168 Å². The van der Waals surface area contributed by atoms with E-state index in [0.29, 0.717) is 0 Å². The van der Waals surface area contributed by atoms with Gasteiger partial charge in [-0.3, -0.25) is 19.3 Å². The fourth-order valence-corrected chi connectivity index (χ4v) is 3.65. The highest BCUT2D eigenvalue weighted by Crippen LogP contribution is 2.29. The molecule has 2 aliphatic rings. The summed E-state index contributed by atoms with van der Waals surface area (Å²) in [6, 6.07) is 4.01. The van der Waals surface area contributed by atoms with Crippen LogP contribution in [-0.4, -0.2) is 60.5 Å². The van der Waals surface area contributed by atoms with Crippen LogP contribution in [0.3, 0.4) is 0 Å². The summed E-state index contributed by atoms with van der Waals surface area (Å²) < 4.78 is 24.4. The van der Waals surface area contributed by atoms with Crippen molar-refractivity contribution in [3.05, 3.63) is 29.6 Å². The van der Waals surface area contributed by atoms with Gasteiger partial charge in [0.1, 0.15) is 17.0 Å². The van der Waals surface area contributed by atoms with Gasteiger partial charge >= 0.3 is 12.1 Å². The van der Waals surface area contributed by atoms with Crippen LogP contribution in [0.4, 0.5) is 14.9 Å². The zero-order valence-corrected chi connectivity index (χ0v) is 16.2. The van der Waals surface area contributed by atoms with E-state index in [2.05, 4.69) is 20.6 Å². The molecule has 2 heterocycles. The number of halogens is 1. The standard InChI is InChI=1S/C17H17FN4O6S/c1-8(23)19-6-10-7-22(17(26)28-10)9-3-4-11(12(18)5-9)15-21-20-14(24)13(29-15)16(25)27-2/h3-5,10,13H,6-7H2,1-2H3,(H,19,23)(H,20,24). The van der Waals surface area contributed by atoms with Gasteiger partial charge in [0.05, 0.1) is 25.9 Å². The largest absolute Gasteiger partial charge is 0.468 e. The average Bonchev–Trinajstić information content (AvgIpc) is 3.07. The van der Waals surface area contributed by atoms with Gasteiger partial charge in [0.2, 0.25) is 5.91 Å². The molecule has 1 saturated heterocycles. The van der Waals surface area contributed by atoms with Crippen LogP contribution in [0, 0.1) is 5.82 Å². The van der Waals surface area contributed by atoms with Gasteiger partial charge < -0.3 is 14.8 Å². The molecule has 3 amide bonds. The van der Waals surface area contributed by atoms with Crippen molar-refractivity contribution in [3.63, 3.8) is 0 Å². The van der Waals surface area contributed by atoms with Crippen LogP contribution in [-0.2, 0) is 23.9 Å². The second-order valence-corrected chi connectivity index (χ2v) is 7.23. The molecule has 10 nitrogen and oxygen atoms in total. The number of ether oxygens (including phenoxy) is 2. The number of hydrogen-bond donors (Lipinski definition) is 2. The van der Waals surface area contributed by atoms with Gasteiger partial charge in [0.25, 0.3) is 5.91 Å². The third kappa shape index (κ3) is 4.47. The highest BCUT2D eigenvalue weighted by atomic mass is 32.2. The topological polar surface area (TPSA) is 126 Å². The predicted molar refractivity (Wildman–Crippen MR) is 101 cm³/mol. The van der Waals surface area contributed by atoms with Crippen LogP contribution in [0.15, 0.2) is 23.3 Å². The summed E-state index contributed by atoms with van der Waals surface area (Å²) in [5.74, 6) is -2.39. The Balaban J connectivity index is 1.75. The summed E-state index contributed by atoms with van der Waals surface area (Å²) in [5, 5.41) is 5.24. The number of rotatable bonds is 5. The van der Waals surface area contributed by atoms with Crippen molar-refractivity contribution in [2.24, 2.45) is 5.10 Å². The molecule has 0 radical (unpaired) electrons. The minimum absolute atomic E-state index is 0.0509. The van der Waals surface area contributed by atoms with Gasteiger partial charge in [-0.1, -0.05) is 11.8 Å². The van der Waals surface area contributed by atoms with Crippen LogP contribution >= 0.6 is 11.8 Å². The summed E-state index contributed by atoms with van der Waals surface area (Å²) in [5.41, 5.74) is 2.48. The lowest BCUT2D eigenvalue weighted by Crippen LogP contribution is -2.40. The lowest BCUT2D eigenvalue weighted by Gasteiger charge is -2.20. The third-order valence-electron chi connectivity index (χ3n) is 4.10. The number of carbonyl (C=O) groups is 4. The third-order valence-corrected chi connectivity index (χ3v) is 5.27. The van der Waals surface area contributed by atoms with Crippen molar-refractivity contribution < 1.29 is 33.0 Å². The number of nitrogens with zero attached hydrogens (tertiary/aromatic N) is 2. The smallest absolute Gasteiger partial charge is 0.414 e. The molecular weight excluding hydrogens is 407 g/mol. The van der Waals surface area contributed by atoms with Crippen LogP contribution in [0.5, 0.6) is 0 Å². The Morgan fingerprint density at radius 1 is 1.45 bits per heavy atom. The molecule has 0 aromatic heterocycles. The molecule has 2 unspecified atom stereocenters. The lowest BCUT2D eigenvalue weighted by molar-refractivity contribution is -0.143. The Kier molecular flexibility index (Phi) is 6.01. The van der Waals surface area contributed by atoms with E-state index >= 15 is 0 Å². The number of hydrogen-bond acceptors (Lipinski definition) is 8. The van der Waals surface area contributed by atoms with Crippen molar-refractivity contribution in [1.82, 2.24) is 10.7 Å². The van der Waals surface area contributed by atoms with E-state index < -0.39 is 35.1 Å². The fourth-order valence-electron chi connectivity index (χ4n) is 2.68. The quantitative estimate of drug-likeness (QED) is 0.516. The number of amides is 3. The Morgan fingerprint density at radius 2 is 2.21 bits per heavy atom. The van der Waals surface area contributed by atoms with E-state index in [4.69, 9.17) is 4.74 Å². The van der Waals surface area contributed by atoms with Crippen LogP contribution in [0.2, 0.25) is 0 Å². The molecule has 2 N–H and O–H groups in total. The van der Waals surface area contributed by atoms with Crippen molar-refractivity contribution in [3.8, 4) is 0 Å². The number of benzene rings is 1. The van der Waals surface area contributed by atoms with E-state index in [-0.39, 0.29) is 35.3 Å². The van der Waals surface area contributed by atoms with Crippen molar-refractivity contribution in [2.45, 2.75) is 18.3 Å². The summed E-state index contributed by atoms with van der Waals surface area (Å²) >= 11 is 0.766. The van der Waals surface area contributed by atoms with Gasteiger partial charge in [-0.05, 0) is 18.2 Å². The first-order valence-corrected chi connectivity index (χ1v) is 9.32. The minimum atomic E-state index is -1.20. The highest BCUT2D eigenvalue weighted by Gasteiger charge is 2.36. The number of esters is 1. The van der Waals surface area contributed by atoms with Gasteiger partial charge in [0.15, 0.2) is 5.25 Å². The Bertz CT molecular complexity index is 908. The molecule has 29 heavy (non-hydrogen) atoms. The number of thioether (sulfide) groups is 1. The highest BCUT2D eigenvalue weighted by molar-refractivity contribution is 8.16. The second-order valence-electron chi connectivity index (χ2n) is 6.13. The molecule has 1 aromatic carbocycles. The maximum Gasteiger partial charge on any atom is 0.414 e. The van der Waals surface area contributed by atoms with Crippen LogP contribution in [0.25, 0.3) is 0 Å². The fraction of sp³-hybridized carbons (Fsp3) is 0.353. The van der Waals surface area contributed by atoms with E-state index in [0.717, 1.165) is 24.9 Å². The molecular formula is C17H17FN4O6S. The van der Waals surface area contributed by atoms with Crippen molar-refractivity contribution in [1.29, 1.82) is 0 Å². The summed E-state index contributed by atoms with van der Waals surface area (Å²) in [4.78, 5) is 47.7. The molecule has 0 bridgehead atoms. The number of methoxy groups -OCH3 is 1. The second kappa shape index (κ2) is 8.47. The molecule has 0 aliphatic carbocycles. The maximum absolute atomic E-state index is 14.7. The van der Waals surface area contributed by atoms with Gasteiger partial charge in [-0.2, -0.15) is 5.10 Å². The first-order valence-electron chi connectivity index (χ1n) is 8.44. The van der Waals surface area contributed by atoms with E-state index in [9.17, 15) is 23.6 Å². The molecule has 2 aliphatic heterocycles. The lowest BCUT2D eigenvalue weighted by atomic mass is 10.2. The number of hydrazone groups is 1. The number of nitrogens with one attached hydrogen (secondary N) is 2. The normalized spacial score (nSPS) is 21.2. The SMILES string of the molecule is COC(=O)C1SC(c2ccc(N3CC(CNC(C)=O)OC3=O)cc2F)=NNC1=O. The summed E-state index contributed by atoms with van der Waals surface area (Å²) in [7, 11) is 1.14. The van der Waals surface area contributed by atoms with Gasteiger partial charge in [-0.15, -0.1) is 0 Å². The van der Waals surface area contributed by atoms with Crippen LogP contribution in [0.1, 0.15) is 12.5 Å². The molecule has 12 heteroatoms. The van der Waals surface area contributed by atoms with Gasteiger partial charge in [-0.25, -0.2) is 14.6 Å². The predicted octanol–water partition coefficient (Wildman–Crippen LogP) is 0.353. The Morgan fingerprint density at radius 3 is 2.86 bits per heavy atom. The Hall–Kier alpha value is -3.15. The minimum Gasteiger partial charge on any atom is -0.468 e. The zero-order chi connectivity index (χ0) is 21.1. The first-order chi connectivity index (χ1) is 13.8. The summed E-state index contributed by atoms with van der Waals surface area (Å²) in [6.07, 6.45) is -1.21. The number of cyclic esters (lactones) is 1. The monoisotopic (exact) mass is 424 g/mol. The average molecular weight is 424 g/mol. The number of anilines is 1. The molecule has 154 valence electrons. The van der Waals surface area contributed by atoms with Gasteiger partial charge in [0, 0.05) is 12.5 Å². The van der Waals surface area contributed by atoms with E-state index in [1.54, 1.807) is 0 Å². The molecule has 2 atom stereocenters. The van der Waals surface area contributed by atoms with Crippen molar-refractivity contribution in [2.75, 3.05) is 25.1 Å². The molecule has 3 rings (SSSR count).